The molecule has 0 aliphatic heterocycles. The van der Waals surface area contributed by atoms with Crippen molar-refractivity contribution in [2.45, 2.75) is 103 Å². The molecule has 1 amide bonds. The Morgan fingerprint density at radius 3 is 2.26 bits per heavy atom. The van der Waals surface area contributed by atoms with Crippen LogP contribution in [0.5, 0.6) is 0 Å². The molecule has 2 atom stereocenters. The third-order valence-electron chi connectivity index (χ3n) is 6.08. The SMILES string of the molecule is CCCCCCCC[C@@H](SCCCCCC)C(=O)N[C@H](C)c1cccc2ccccc12. The Kier molecular flexibility index (Phi) is 12.8. The molecule has 0 spiro atoms. The molecule has 1 N–H and O–H groups in total. The molecule has 0 aromatic heterocycles. The summed E-state index contributed by atoms with van der Waals surface area (Å²) in [4.78, 5) is 13.2. The molecular formula is C28H43NOS. The molecule has 2 aromatic carbocycles. The molecule has 3 heteroatoms. The fourth-order valence-electron chi connectivity index (χ4n) is 4.17. The van der Waals surface area contributed by atoms with Crippen LogP contribution in [0.25, 0.3) is 10.8 Å². The van der Waals surface area contributed by atoms with Crippen LogP contribution in [0.3, 0.4) is 0 Å². The van der Waals surface area contributed by atoms with E-state index in [9.17, 15) is 4.79 Å². The number of thioether (sulfide) groups is 1. The summed E-state index contributed by atoms with van der Waals surface area (Å²) in [5, 5.41) is 5.88. The van der Waals surface area contributed by atoms with E-state index < -0.39 is 0 Å². The van der Waals surface area contributed by atoms with Crippen LogP contribution in [0, 0.1) is 0 Å². The van der Waals surface area contributed by atoms with Gasteiger partial charge >= 0.3 is 0 Å². The molecule has 0 heterocycles. The monoisotopic (exact) mass is 441 g/mol. The van der Waals surface area contributed by atoms with E-state index >= 15 is 0 Å². The van der Waals surface area contributed by atoms with Gasteiger partial charge in [-0.1, -0.05) is 114 Å². The lowest BCUT2D eigenvalue weighted by Crippen LogP contribution is -2.35. The zero-order valence-electron chi connectivity index (χ0n) is 20.0. The average Bonchev–Trinajstić information content (AvgIpc) is 2.79. The quantitative estimate of drug-likeness (QED) is 0.265. The molecule has 0 aliphatic carbocycles. The first-order valence-corrected chi connectivity index (χ1v) is 13.6. The van der Waals surface area contributed by atoms with Crippen molar-refractivity contribution in [1.82, 2.24) is 5.32 Å². The van der Waals surface area contributed by atoms with Gasteiger partial charge in [0.2, 0.25) is 5.91 Å². The Morgan fingerprint density at radius 1 is 0.839 bits per heavy atom. The van der Waals surface area contributed by atoms with E-state index in [-0.39, 0.29) is 17.2 Å². The van der Waals surface area contributed by atoms with Crippen LogP contribution in [0.4, 0.5) is 0 Å². The van der Waals surface area contributed by atoms with Gasteiger partial charge < -0.3 is 5.32 Å². The number of nitrogens with one attached hydrogen (secondary N) is 1. The van der Waals surface area contributed by atoms with Crippen LogP contribution in [0.2, 0.25) is 0 Å². The Bertz CT molecular complexity index is 754. The highest BCUT2D eigenvalue weighted by Gasteiger charge is 2.21. The topological polar surface area (TPSA) is 29.1 Å². The Labute approximate surface area is 195 Å². The summed E-state index contributed by atoms with van der Waals surface area (Å²) < 4.78 is 0. The molecule has 2 nitrogen and oxygen atoms in total. The molecular weight excluding hydrogens is 398 g/mol. The van der Waals surface area contributed by atoms with Crippen LogP contribution < -0.4 is 5.32 Å². The number of carbonyl (C=O) groups is 1. The summed E-state index contributed by atoms with van der Waals surface area (Å²) in [5.41, 5.74) is 1.21. The lowest BCUT2D eigenvalue weighted by atomic mass is 9.99. The average molecular weight is 442 g/mol. The van der Waals surface area contributed by atoms with E-state index in [1.54, 1.807) is 0 Å². The fourth-order valence-corrected chi connectivity index (χ4v) is 5.37. The predicted octanol–water partition coefficient (Wildman–Crippen LogP) is 8.45. The number of carbonyl (C=O) groups excluding carboxylic acids is 1. The largest absolute Gasteiger partial charge is 0.349 e. The summed E-state index contributed by atoms with van der Waals surface area (Å²) in [5.74, 6) is 1.31. The van der Waals surface area contributed by atoms with Crippen LogP contribution in [0.15, 0.2) is 42.5 Å². The molecule has 172 valence electrons. The molecule has 0 bridgehead atoms. The van der Waals surface area contributed by atoms with Gasteiger partial charge in [-0.2, -0.15) is 0 Å². The zero-order valence-corrected chi connectivity index (χ0v) is 20.8. The van der Waals surface area contributed by atoms with Gasteiger partial charge in [0.05, 0.1) is 11.3 Å². The number of hydrogen-bond acceptors (Lipinski definition) is 2. The summed E-state index contributed by atoms with van der Waals surface area (Å²) >= 11 is 1.88. The van der Waals surface area contributed by atoms with Crippen molar-refractivity contribution in [1.29, 1.82) is 0 Å². The van der Waals surface area contributed by atoms with Gasteiger partial charge in [-0.25, -0.2) is 0 Å². The van der Waals surface area contributed by atoms with Crippen molar-refractivity contribution in [3.05, 3.63) is 48.0 Å². The smallest absolute Gasteiger partial charge is 0.233 e. The first-order chi connectivity index (χ1) is 15.2. The standard InChI is InChI=1S/C28H43NOS/c1-4-6-8-10-11-12-21-27(31-22-15-9-7-5-2)28(30)29-23(3)25-20-16-18-24-17-13-14-19-26(24)25/h13-14,16-20,23,27H,4-12,15,21-22H2,1-3H3,(H,29,30)/t23-,27-/m1/s1. The zero-order chi connectivity index (χ0) is 22.3. The van der Waals surface area contributed by atoms with E-state index in [1.807, 2.05) is 11.8 Å². The Hall–Kier alpha value is -1.48. The summed E-state index contributed by atoms with van der Waals surface area (Å²) in [6.07, 6.45) is 13.7. The Morgan fingerprint density at radius 2 is 1.48 bits per heavy atom. The van der Waals surface area contributed by atoms with Gasteiger partial charge in [-0.3, -0.25) is 4.79 Å². The van der Waals surface area contributed by atoms with Crippen molar-refractivity contribution in [3.63, 3.8) is 0 Å². The third kappa shape index (κ3) is 9.27. The third-order valence-corrected chi connectivity index (χ3v) is 7.45. The second-order valence-corrected chi connectivity index (χ2v) is 10.1. The van der Waals surface area contributed by atoms with Crippen LogP contribution in [-0.2, 0) is 4.79 Å². The minimum Gasteiger partial charge on any atom is -0.349 e. The van der Waals surface area contributed by atoms with Gasteiger partial charge in [0.15, 0.2) is 0 Å². The molecule has 2 rings (SSSR count). The van der Waals surface area contributed by atoms with Gasteiger partial charge in [0.1, 0.15) is 0 Å². The van der Waals surface area contributed by atoms with E-state index in [1.165, 1.54) is 74.1 Å². The summed E-state index contributed by atoms with van der Waals surface area (Å²) in [6.45, 7) is 6.62. The van der Waals surface area contributed by atoms with Crippen LogP contribution >= 0.6 is 11.8 Å². The maximum absolute atomic E-state index is 13.2. The van der Waals surface area contributed by atoms with Gasteiger partial charge in [-0.15, -0.1) is 11.8 Å². The maximum Gasteiger partial charge on any atom is 0.233 e. The first-order valence-electron chi connectivity index (χ1n) is 12.6. The summed E-state index contributed by atoms with van der Waals surface area (Å²) in [6, 6.07) is 14.8. The molecule has 0 unspecified atom stereocenters. The fraction of sp³-hybridized carbons (Fsp3) is 0.607. The van der Waals surface area contributed by atoms with Crippen LogP contribution in [0.1, 0.15) is 103 Å². The highest BCUT2D eigenvalue weighted by molar-refractivity contribution is 8.00. The van der Waals surface area contributed by atoms with E-state index in [0.29, 0.717) is 0 Å². The molecule has 0 aliphatic rings. The van der Waals surface area contributed by atoms with Crippen molar-refractivity contribution < 1.29 is 4.79 Å². The van der Waals surface area contributed by atoms with E-state index in [4.69, 9.17) is 0 Å². The van der Waals surface area contributed by atoms with E-state index in [2.05, 4.69) is 68.6 Å². The molecule has 2 aromatic rings. The molecule has 0 saturated carbocycles. The second kappa shape index (κ2) is 15.3. The van der Waals surface area contributed by atoms with Gasteiger partial charge in [0, 0.05) is 0 Å². The number of amides is 1. The van der Waals surface area contributed by atoms with Gasteiger partial charge in [0.25, 0.3) is 0 Å². The van der Waals surface area contributed by atoms with Crippen molar-refractivity contribution in [3.8, 4) is 0 Å². The normalized spacial score (nSPS) is 13.3. The van der Waals surface area contributed by atoms with Crippen molar-refractivity contribution >= 4 is 28.4 Å². The number of hydrogen-bond donors (Lipinski definition) is 1. The van der Waals surface area contributed by atoms with Crippen LogP contribution in [-0.4, -0.2) is 16.9 Å². The first kappa shape index (κ1) is 25.8. The highest BCUT2D eigenvalue weighted by atomic mass is 32.2. The minimum absolute atomic E-state index is 0.0198. The molecule has 0 radical (unpaired) electrons. The number of unbranched alkanes of at least 4 members (excludes halogenated alkanes) is 8. The van der Waals surface area contributed by atoms with Crippen molar-refractivity contribution in [2.24, 2.45) is 0 Å². The molecule has 0 fully saturated rings. The number of benzene rings is 2. The number of rotatable bonds is 16. The second-order valence-electron chi connectivity index (χ2n) is 8.78. The van der Waals surface area contributed by atoms with Gasteiger partial charge in [-0.05, 0) is 41.9 Å². The van der Waals surface area contributed by atoms with Crippen molar-refractivity contribution in [2.75, 3.05) is 5.75 Å². The summed E-state index contributed by atoms with van der Waals surface area (Å²) in [7, 11) is 0. The Balaban J connectivity index is 1.93. The lowest BCUT2D eigenvalue weighted by Gasteiger charge is -2.21. The molecule has 31 heavy (non-hydrogen) atoms. The minimum atomic E-state index is 0.0198. The molecule has 0 saturated heterocycles. The van der Waals surface area contributed by atoms with E-state index in [0.717, 1.165) is 18.6 Å². The number of fused-ring (bicyclic) bond motifs is 1. The predicted molar refractivity (Wildman–Crippen MR) is 139 cm³/mol. The highest BCUT2D eigenvalue weighted by Crippen LogP contribution is 2.26. The maximum atomic E-state index is 13.2. The lowest BCUT2D eigenvalue weighted by molar-refractivity contribution is -0.121.